The number of likely N-dealkylation sites (tertiary alicyclic amines) is 1. The minimum absolute atomic E-state index is 0.0393. The van der Waals surface area contributed by atoms with E-state index in [1.165, 1.54) is 0 Å². The largest absolute Gasteiger partial charge is 0.383 e. The van der Waals surface area contributed by atoms with Gasteiger partial charge < -0.3 is 10.0 Å². The van der Waals surface area contributed by atoms with Crippen LogP contribution in [0, 0.1) is 13.8 Å². The normalized spacial score (nSPS) is 19.4. The fraction of sp³-hybridized carbons (Fsp3) is 0.273. The summed E-state index contributed by atoms with van der Waals surface area (Å²) in [5.41, 5.74) is 2.54. The number of carbonyl (C=O) groups is 1. The van der Waals surface area contributed by atoms with Crippen LogP contribution in [0.15, 0.2) is 54.6 Å². The number of rotatable bonds is 3. The van der Waals surface area contributed by atoms with Crippen LogP contribution in [0.2, 0.25) is 0 Å². The number of hydrogen-bond donors (Lipinski definition) is 1. The van der Waals surface area contributed by atoms with E-state index in [1.807, 2.05) is 68.4 Å². The Morgan fingerprint density at radius 3 is 2.63 bits per heavy atom. The van der Waals surface area contributed by atoms with E-state index < -0.39 is 5.60 Å². The van der Waals surface area contributed by atoms with Crippen molar-refractivity contribution in [2.24, 2.45) is 0 Å². The summed E-state index contributed by atoms with van der Waals surface area (Å²) >= 11 is 1.64. The van der Waals surface area contributed by atoms with Gasteiger partial charge in [0.1, 0.15) is 5.60 Å². The van der Waals surface area contributed by atoms with E-state index in [0.717, 1.165) is 26.7 Å². The molecular formula is C22H22N2O2S. The van der Waals surface area contributed by atoms with Gasteiger partial charge in [-0.25, -0.2) is 4.98 Å². The lowest BCUT2D eigenvalue weighted by Gasteiger charge is -2.24. The predicted octanol–water partition coefficient (Wildman–Crippen LogP) is 4.16. The van der Waals surface area contributed by atoms with Crippen molar-refractivity contribution >= 4 is 17.2 Å². The van der Waals surface area contributed by atoms with Crippen LogP contribution in [0.5, 0.6) is 0 Å². The standard InChI is InChI=1S/C22H22N2O2S/c1-15-20(27-16(2)23-15)17-7-6-8-18(13-17)21(25)24-12-11-22(26,14-24)19-9-4-3-5-10-19/h3-10,13,26H,11-12,14H2,1-2H3/t22-/m1/s1. The number of aromatic nitrogens is 1. The van der Waals surface area contributed by atoms with Crippen LogP contribution in [-0.4, -0.2) is 34.0 Å². The number of carbonyl (C=O) groups excluding carboxylic acids is 1. The predicted molar refractivity (Wildman–Crippen MR) is 108 cm³/mol. The summed E-state index contributed by atoms with van der Waals surface area (Å²) in [6, 6.07) is 17.3. The third kappa shape index (κ3) is 3.40. The first kappa shape index (κ1) is 17.9. The molecule has 1 fully saturated rings. The SMILES string of the molecule is Cc1nc(C)c(-c2cccc(C(=O)N3CC[C@](O)(c4ccccc4)C3)c2)s1. The monoisotopic (exact) mass is 378 g/mol. The number of hydrogen-bond acceptors (Lipinski definition) is 4. The quantitative estimate of drug-likeness (QED) is 0.744. The molecule has 1 amide bonds. The first-order valence-electron chi connectivity index (χ1n) is 9.08. The molecule has 0 bridgehead atoms. The highest BCUT2D eigenvalue weighted by molar-refractivity contribution is 7.15. The topological polar surface area (TPSA) is 53.4 Å². The summed E-state index contributed by atoms with van der Waals surface area (Å²) in [7, 11) is 0. The van der Waals surface area contributed by atoms with Crippen LogP contribution in [0.3, 0.4) is 0 Å². The summed E-state index contributed by atoms with van der Waals surface area (Å²) in [5.74, 6) is -0.0393. The van der Waals surface area contributed by atoms with Crippen LogP contribution in [0.4, 0.5) is 0 Å². The molecule has 2 aromatic carbocycles. The van der Waals surface area contributed by atoms with Crippen LogP contribution in [-0.2, 0) is 5.60 Å². The average Bonchev–Trinajstić information content (AvgIpc) is 3.25. The molecule has 1 aromatic heterocycles. The Labute approximate surface area is 163 Å². The fourth-order valence-electron chi connectivity index (χ4n) is 3.73. The zero-order chi connectivity index (χ0) is 19.0. The molecule has 0 unspecified atom stereocenters. The van der Waals surface area contributed by atoms with Gasteiger partial charge in [0.25, 0.3) is 5.91 Å². The molecule has 1 aliphatic rings. The number of aryl methyl sites for hydroxylation is 2. The molecule has 1 N–H and O–H groups in total. The van der Waals surface area contributed by atoms with Crippen molar-refractivity contribution in [1.82, 2.24) is 9.88 Å². The lowest BCUT2D eigenvalue weighted by Crippen LogP contribution is -2.34. The molecule has 1 saturated heterocycles. The van der Waals surface area contributed by atoms with Gasteiger partial charge in [-0.2, -0.15) is 0 Å². The summed E-state index contributed by atoms with van der Waals surface area (Å²) < 4.78 is 0. The first-order valence-corrected chi connectivity index (χ1v) is 9.89. The Balaban J connectivity index is 1.57. The Morgan fingerprint density at radius 1 is 1.15 bits per heavy atom. The van der Waals surface area contributed by atoms with E-state index in [0.29, 0.717) is 25.1 Å². The van der Waals surface area contributed by atoms with Gasteiger partial charge >= 0.3 is 0 Å². The number of β-amino-alcohol motifs (C(OH)–C–C–N with tert-alkyl or cyclic N) is 1. The highest BCUT2D eigenvalue weighted by Crippen LogP contribution is 2.34. The molecule has 0 saturated carbocycles. The van der Waals surface area contributed by atoms with E-state index in [4.69, 9.17) is 0 Å². The molecule has 3 aromatic rings. The summed E-state index contributed by atoms with van der Waals surface area (Å²) in [6.07, 6.45) is 0.551. The highest BCUT2D eigenvalue weighted by atomic mass is 32.1. The second-order valence-electron chi connectivity index (χ2n) is 7.10. The van der Waals surface area contributed by atoms with Crippen molar-refractivity contribution in [3.05, 3.63) is 76.4 Å². The van der Waals surface area contributed by atoms with Crippen LogP contribution >= 0.6 is 11.3 Å². The van der Waals surface area contributed by atoms with E-state index in [1.54, 1.807) is 16.2 Å². The Hall–Kier alpha value is -2.50. The molecule has 2 heterocycles. The van der Waals surface area contributed by atoms with Gasteiger partial charge in [0.2, 0.25) is 0 Å². The molecule has 0 spiro atoms. The summed E-state index contributed by atoms with van der Waals surface area (Å²) in [5, 5.41) is 12.0. The van der Waals surface area contributed by atoms with Crippen molar-refractivity contribution in [3.8, 4) is 10.4 Å². The number of nitrogens with zero attached hydrogens (tertiary/aromatic N) is 2. The van der Waals surface area contributed by atoms with E-state index >= 15 is 0 Å². The molecule has 5 heteroatoms. The Bertz CT molecular complexity index is 983. The number of aliphatic hydroxyl groups is 1. The molecule has 138 valence electrons. The minimum Gasteiger partial charge on any atom is -0.383 e. The van der Waals surface area contributed by atoms with Gasteiger partial charge in [-0.05, 0) is 43.5 Å². The van der Waals surface area contributed by atoms with Crippen LogP contribution in [0.25, 0.3) is 10.4 Å². The smallest absolute Gasteiger partial charge is 0.253 e. The van der Waals surface area contributed by atoms with Gasteiger partial charge in [0, 0.05) is 12.1 Å². The molecule has 1 atom stereocenters. The van der Waals surface area contributed by atoms with E-state index in [9.17, 15) is 9.90 Å². The van der Waals surface area contributed by atoms with E-state index in [2.05, 4.69) is 4.98 Å². The van der Waals surface area contributed by atoms with Crippen molar-refractivity contribution in [2.75, 3.05) is 13.1 Å². The number of amides is 1. The molecule has 0 aliphatic carbocycles. The van der Waals surface area contributed by atoms with Gasteiger partial charge in [0.15, 0.2) is 0 Å². The van der Waals surface area contributed by atoms with Crippen molar-refractivity contribution < 1.29 is 9.90 Å². The molecule has 4 rings (SSSR count). The third-order valence-electron chi connectivity index (χ3n) is 5.12. The lowest BCUT2D eigenvalue weighted by atomic mass is 9.93. The first-order chi connectivity index (χ1) is 13.0. The minimum atomic E-state index is -0.972. The molecule has 1 aliphatic heterocycles. The maximum Gasteiger partial charge on any atom is 0.253 e. The maximum absolute atomic E-state index is 13.0. The fourth-order valence-corrected chi connectivity index (χ4v) is 4.64. The van der Waals surface area contributed by atoms with Crippen molar-refractivity contribution in [2.45, 2.75) is 25.9 Å². The van der Waals surface area contributed by atoms with Gasteiger partial charge in [-0.3, -0.25) is 4.79 Å². The van der Waals surface area contributed by atoms with Crippen molar-refractivity contribution in [1.29, 1.82) is 0 Å². The molecule has 27 heavy (non-hydrogen) atoms. The average molecular weight is 378 g/mol. The van der Waals surface area contributed by atoms with Gasteiger partial charge in [-0.15, -0.1) is 11.3 Å². The van der Waals surface area contributed by atoms with Gasteiger partial charge in [-0.1, -0.05) is 42.5 Å². The zero-order valence-corrected chi connectivity index (χ0v) is 16.3. The second kappa shape index (κ2) is 6.91. The Morgan fingerprint density at radius 2 is 1.93 bits per heavy atom. The van der Waals surface area contributed by atoms with Crippen molar-refractivity contribution in [3.63, 3.8) is 0 Å². The maximum atomic E-state index is 13.0. The number of benzene rings is 2. The molecule has 0 radical (unpaired) electrons. The summed E-state index contributed by atoms with van der Waals surface area (Å²) in [4.78, 5) is 20.4. The van der Waals surface area contributed by atoms with Crippen LogP contribution in [0.1, 0.15) is 33.0 Å². The highest BCUT2D eigenvalue weighted by Gasteiger charge is 2.39. The number of thiazole rings is 1. The molecule has 4 nitrogen and oxygen atoms in total. The third-order valence-corrected chi connectivity index (χ3v) is 6.24. The zero-order valence-electron chi connectivity index (χ0n) is 15.5. The summed E-state index contributed by atoms with van der Waals surface area (Å²) in [6.45, 7) is 4.85. The lowest BCUT2D eigenvalue weighted by molar-refractivity contribution is 0.0417. The van der Waals surface area contributed by atoms with Crippen LogP contribution < -0.4 is 0 Å². The second-order valence-corrected chi connectivity index (χ2v) is 8.31. The molecular weight excluding hydrogens is 356 g/mol. The Kier molecular flexibility index (Phi) is 4.58. The van der Waals surface area contributed by atoms with Gasteiger partial charge in [0.05, 0.1) is 22.1 Å². The van der Waals surface area contributed by atoms with E-state index in [-0.39, 0.29) is 5.91 Å².